The molecular weight excluding hydrogens is 226 g/mol. The summed E-state index contributed by atoms with van der Waals surface area (Å²) >= 11 is 0. The number of nitrogens with zero attached hydrogens (tertiary/aromatic N) is 1. The highest BCUT2D eigenvalue weighted by Gasteiger charge is 2.19. The van der Waals surface area contributed by atoms with Crippen molar-refractivity contribution in [3.63, 3.8) is 0 Å². The molecule has 0 aromatic heterocycles. The molecular formula is C11H11NO5. The number of aromatic hydroxyl groups is 1. The fraction of sp³-hybridized carbons (Fsp3) is 0.182. The molecule has 17 heavy (non-hydrogen) atoms. The van der Waals surface area contributed by atoms with Crippen LogP contribution in [0, 0.1) is 0 Å². The van der Waals surface area contributed by atoms with Crippen molar-refractivity contribution in [2.45, 2.75) is 12.5 Å². The van der Waals surface area contributed by atoms with Crippen molar-refractivity contribution in [1.82, 2.24) is 0 Å². The van der Waals surface area contributed by atoms with Crippen LogP contribution in [0.15, 0.2) is 29.3 Å². The predicted octanol–water partition coefficient (Wildman–Crippen LogP) is 0.739. The van der Waals surface area contributed by atoms with Crippen LogP contribution in [0.4, 0.5) is 0 Å². The molecule has 1 rings (SSSR count). The summed E-state index contributed by atoms with van der Waals surface area (Å²) in [5, 5.41) is 26.6. The third-order valence-electron chi connectivity index (χ3n) is 1.98. The van der Waals surface area contributed by atoms with Gasteiger partial charge < -0.3 is 15.3 Å². The van der Waals surface area contributed by atoms with Crippen molar-refractivity contribution in [1.29, 1.82) is 0 Å². The molecule has 0 bridgehead atoms. The Balaban J connectivity index is 2.83. The number of carbonyl (C=O) groups is 2. The number of phenolic OH excluding ortho intramolecular Hbond substituents is 1. The Bertz CT molecular complexity index is 455. The smallest absolute Gasteiger partial charge is 0.329 e. The Kier molecular flexibility index (Phi) is 4.21. The molecule has 0 aliphatic carbocycles. The molecule has 6 nitrogen and oxygen atoms in total. The highest BCUT2D eigenvalue weighted by molar-refractivity contribution is 5.87. The first kappa shape index (κ1) is 12.7. The van der Waals surface area contributed by atoms with Crippen LogP contribution in [0.25, 0.3) is 0 Å². The molecule has 90 valence electrons. The van der Waals surface area contributed by atoms with Gasteiger partial charge in [-0.2, -0.15) is 0 Å². The molecule has 0 heterocycles. The Morgan fingerprint density at radius 1 is 1.29 bits per heavy atom. The van der Waals surface area contributed by atoms with E-state index < -0.39 is 24.4 Å². The van der Waals surface area contributed by atoms with Gasteiger partial charge in [0.25, 0.3) is 0 Å². The van der Waals surface area contributed by atoms with Crippen LogP contribution in [0.1, 0.15) is 12.0 Å². The van der Waals surface area contributed by atoms with Gasteiger partial charge in [0.05, 0.1) is 6.42 Å². The van der Waals surface area contributed by atoms with Crippen LogP contribution >= 0.6 is 0 Å². The fourth-order valence-corrected chi connectivity index (χ4v) is 1.14. The Labute approximate surface area is 96.9 Å². The number of aliphatic imine (C=N–C) groups is 1. The summed E-state index contributed by atoms with van der Waals surface area (Å²) in [7, 11) is 0. The lowest BCUT2D eigenvalue weighted by Gasteiger charge is -2.03. The van der Waals surface area contributed by atoms with Crippen LogP contribution in [0.3, 0.4) is 0 Å². The molecule has 1 unspecified atom stereocenters. The molecule has 0 fully saturated rings. The first-order valence-electron chi connectivity index (χ1n) is 4.76. The second-order valence-corrected chi connectivity index (χ2v) is 3.29. The molecule has 0 amide bonds. The van der Waals surface area contributed by atoms with Crippen LogP contribution < -0.4 is 0 Å². The van der Waals surface area contributed by atoms with Gasteiger partial charge in [-0.15, -0.1) is 0 Å². The zero-order chi connectivity index (χ0) is 12.8. The van der Waals surface area contributed by atoms with Crippen LogP contribution in [0.2, 0.25) is 0 Å². The maximum absolute atomic E-state index is 10.7. The molecule has 0 saturated carbocycles. The predicted molar refractivity (Wildman–Crippen MR) is 59.4 cm³/mol. The van der Waals surface area contributed by atoms with Gasteiger partial charge in [-0.3, -0.25) is 9.79 Å². The lowest BCUT2D eigenvalue weighted by molar-refractivity contribution is -0.144. The minimum Gasteiger partial charge on any atom is -0.507 e. The highest BCUT2D eigenvalue weighted by Crippen LogP contribution is 2.13. The number of rotatable bonds is 5. The zero-order valence-corrected chi connectivity index (χ0v) is 8.78. The molecule has 0 aliphatic heterocycles. The normalized spacial score (nSPS) is 12.5. The van der Waals surface area contributed by atoms with Crippen molar-refractivity contribution in [3.8, 4) is 5.75 Å². The summed E-state index contributed by atoms with van der Waals surface area (Å²) in [6.07, 6.45) is 0.552. The van der Waals surface area contributed by atoms with E-state index in [2.05, 4.69) is 4.99 Å². The Morgan fingerprint density at radius 3 is 2.47 bits per heavy atom. The lowest BCUT2D eigenvalue weighted by atomic mass is 10.2. The number of aliphatic carboxylic acids is 2. The van der Waals surface area contributed by atoms with Crippen molar-refractivity contribution in [2.24, 2.45) is 4.99 Å². The van der Waals surface area contributed by atoms with E-state index in [0.29, 0.717) is 5.56 Å². The number of carboxylic acids is 2. The monoisotopic (exact) mass is 237 g/mol. The van der Waals surface area contributed by atoms with E-state index >= 15 is 0 Å². The largest absolute Gasteiger partial charge is 0.507 e. The quantitative estimate of drug-likeness (QED) is 0.654. The molecule has 3 N–H and O–H groups in total. The van der Waals surface area contributed by atoms with Gasteiger partial charge in [0.2, 0.25) is 0 Å². The third kappa shape index (κ3) is 3.94. The maximum Gasteiger partial charge on any atom is 0.329 e. The van der Waals surface area contributed by atoms with Crippen molar-refractivity contribution >= 4 is 18.2 Å². The van der Waals surface area contributed by atoms with Crippen LogP contribution in [-0.2, 0) is 9.59 Å². The highest BCUT2D eigenvalue weighted by atomic mass is 16.4. The topological polar surface area (TPSA) is 107 Å². The molecule has 1 aromatic carbocycles. The first-order chi connectivity index (χ1) is 8.00. The van der Waals surface area contributed by atoms with Crippen LogP contribution in [-0.4, -0.2) is 39.5 Å². The molecule has 0 saturated heterocycles. The lowest BCUT2D eigenvalue weighted by Crippen LogP contribution is -2.21. The van der Waals surface area contributed by atoms with E-state index in [1.165, 1.54) is 6.07 Å². The fourth-order valence-electron chi connectivity index (χ4n) is 1.14. The molecule has 0 aliphatic rings. The van der Waals surface area contributed by atoms with Gasteiger partial charge in [-0.1, -0.05) is 12.1 Å². The van der Waals surface area contributed by atoms with Crippen molar-refractivity contribution < 1.29 is 24.9 Å². The summed E-state index contributed by atoms with van der Waals surface area (Å²) < 4.78 is 0. The van der Waals surface area contributed by atoms with E-state index in [1.54, 1.807) is 18.2 Å². The standard InChI is InChI=1S/C11H11NO5/c13-9-4-2-1-3-7(9)6-12-8(11(16)17)5-10(14)15/h1-4,6,8,13H,5H2,(H,14,15)(H,16,17)/b12-6+. The summed E-state index contributed by atoms with van der Waals surface area (Å²) in [5.74, 6) is -2.61. The van der Waals surface area contributed by atoms with Gasteiger partial charge in [0.1, 0.15) is 5.75 Å². The van der Waals surface area contributed by atoms with Gasteiger partial charge >= 0.3 is 11.9 Å². The average Bonchev–Trinajstić information content (AvgIpc) is 2.25. The summed E-state index contributed by atoms with van der Waals surface area (Å²) in [4.78, 5) is 24.7. The number of carboxylic acid groups (broad SMARTS) is 2. The third-order valence-corrected chi connectivity index (χ3v) is 1.98. The first-order valence-corrected chi connectivity index (χ1v) is 4.76. The van der Waals surface area contributed by atoms with E-state index in [0.717, 1.165) is 6.21 Å². The molecule has 6 heteroatoms. The minimum absolute atomic E-state index is 0.0456. The second kappa shape index (κ2) is 5.64. The summed E-state index contributed by atoms with van der Waals surface area (Å²) in [5.41, 5.74) is 0.337. The minimum atomic E-state index is -1.35. The molecule has 0 radical (unpaired) electrons. The van der Waals surface area contributed by atoms with Gasteiger partial charge in [-0.25, -0.2) is 4.79 Å². The molecule has 0 spiro atoms. The van der Waals surface area contributed by atoms with Gasteiger partial charge in [0.15, 0.2) is 6.04 Å². The van der Waals surface area contributed by atoms with E-state index in [-0.39, 0.29) is 5.75 Å². The van der Waals surface area contributed by atoms with Gasteiger partial charge in [0, 0.05) is 11.8 Å². The maximum atomic E-state index is 10.7. The SMILES string of the molecule is O=C(O)CC(/N=C/c1ccccc1O)C(=O)O. The summed E-state index contributed by atoms with van der Waals surface area (Å²) in [6.45, 7) is 0. The number of hydrogen-bond donors (Lipinski definition) is 3. The van der Waals surface area contributed by atoms with E-state index in [1.807, 2.05) is 0 Å². The van der Waals surface area contributed by atoms with Crippen molar-refractivity contribution in [2.75, 3.05) is 0 Å². The Hall–Kier alpha value is -2.37. The summed E-state index contributed by atoms with van der Waals surface area (Å²) in [6, 6.07) is 4.87. The number of para-hydroxylation sites is 1. The zero-order valence-electron chi connectivity index (χ0n) is 8.78. The number of benzene rings is 1. The molecule has 1 atom stereocenters. The van der Waals surface area contributed by atoms with Crippen LogP contribution in [0.5, 0.6) is 5.75 Å². The Morgan fingerprint density at radius 2 is 1.94 bits per heavy atom. The van der Waals surface area contributed by atoms with E-state index in [9.17, 15) is 14.7 Å². The average molecular weight is 237 g/mol. The van der Waals surface area contributed by atoms with Crippen molar-refractivity contribution in [3.05, 3.63) is 29.8 Å². The number of hydrogen-bond acceptors (Lipinski definition) is 4. The number of phenols is 1. The van der Waals surface area contributed by atoms with E-state index in [4.69, 9.17) is 10.2 Å². The molecule has 1 aromatic rings. The van der Waals surface area contributed by atoms with Gasteiger partial charge in [-0.05, 0) is 12.1 Å². The second-order valence-electron chi connectivity index (χ2n) is 3.29.